The molecular formula is C19H17N5. The van der Waals surface area contributed by atoms with Crippen molar-refractivity contribution in [2.45, 2.75) is 0 Å². The van der Waals surface area contributed by atoms with Gasteiger partial charge in [0.1, 0.15) is 17.8 Å². The summed E-state index contributed by atoms with van der Waals surface area (Å²) in [5.74, 6) is 0.795. The van der Waals surface area contributed by atoms with Gasteiger partial charge in [0.2, 0.25) is 0 Å². The maximum absolute atomic E-state index is 5.79. The van der Waals surface area contributed by atoms with E-state index in [4.69, 9.17) is 5.73 Å². The minimum atomic E-state index is 0.753. The molecule has 3 N–H and O–H groups in total. The molecule has 0 bridgehead atoms. The monoisotopic (exact) mass is 315 g/mol. The second-order valence-corrected chi connectivity index (χ2v) is 5.66. The lowest BCUT2D eigenvalue weighted by molar-refractivity contribution is 0.952. The molecule has 0 spiro atoms. The molecule has 4 rings (SSSR count). The van der Waals surface area contributed by atoms with Crippen molar-refractivity contribution in [3.8, 4) is 11.3 Å². The van der Waals surface area contributed by atoms with E-state index in [2.05, 4.69) is 25.9 Å². The summed E-state index contributed by atoms with van der Waals surface area (Å²) in [5.41, 5.74) is 10.6. The Morgan fingerprint density at radius 2 is 1.71 bits per heavy atom. The first-order valence-electron chi connectivity index (χ1n) is 7.71. The van der Waals surface area contributed by atoms with Crippen molar-refractivity contribution in [2.24, 2.45) is 7.05 Å². The topological polar surface area (TPSA) is 68.8 Å². The molecule has 0 saturated heterocycles. The van der Waals surface area contributed by atoms with Crippen molar-refractivity contribution in [1.82, 2.24) is 14.5 Å². The highest BCUT2D eigenvalue weighted by Gasteiger charge is 2.13. The van der Waals surface area contributed by atoms with Gasteiger partial charge in [0, 0.05) is 18.4 Å². The Bertz CT molecular complexity index is 988. The number of fused-ring (bicyclic) bond motifs is 1. The molecule has 2 heterocycles. The van der Waals surface area contributed by atoms with Crippen LogP contribution in [0.25, 0.3) is 22.3 Å². The Balaban J connectivity index is 1.83. The average molecular weight is 315 g/mol. The maximum atomic E-state index is 5.79. The molecule has 0 aliphatic carbocycles. The SMILES string of the molecule is Cn1c(-c2ccc(N)cc2)cc2c(Nc3ccccc3)ncnc21. The number of nitrogens with two attached hydrogens (primary N) is 1. The molecule has 0 aliphatic heterocycles. The quantitative estimate of drug-likeness (QED) is 0.561. The molecule has 5 heteroatoms. The van der Waals surface area contributed by atoms with Crippen LogP contribution in [0.2, 0.25) is 0 Å². The van der Waals surface area contributed by atoms with Crippen LogP contribution in [0.1, 0.15) is 0 Å². The van der Waals surface area contributed by atoms with Crippen molar-refractivity contribution in [2.75, 3.05) is 11.1 Å². The van der Waals surface area contributed by atoms with E-state index in [9.17, 15) is 0 Å². The number of aryl methyl sites for hydroxylation is 1. The number of nitrogens with one attached hydrogen (secondary N) is 1. The summed E-state index contributed by atoms with van der Waals surface area (Å²) in [4.78, 5) is 8.84. The lowest BCUT2D eigenvalue weighted by Gasteiger charge is -2.06. The number of anilines is 3. The highest BCUT2D eigenvalue weighted by Crippen LogP contribution is 2.30. The van der Waals surface area contributed by atoms with Gasteiger partial charge < -0.3 is 15.6 Å². The third-order valence-corrected chi connectivity index (χ3v) is 4.07. The van der Waals surface area contributed by atoms with E-state index >= 15 is 0 Å². The van der Waals surface area contributed by atoms with Gasteiger partial charge in [0.15, 0.2) is 0 Å². The molecule has 2 aromatic carbocycles. The van der Waals surface area contributed by atoms with E-state index in [1.165, 1.54) is 0 Å². The lowest BCUT2D eigenvalue weighted by atomic mass is 10.1. The van der Waals surface area contributed by atoms with Crippen LogP contribution < -0.4 is 11.1 Å². The Labute approximate surface area is 139 Å². The van der Waals surface area contributed by atoms with Crippen LogP contribution >= 0.6 is 0 Å². The zero-order valence-electron chi connectivity index (χ0n) is 13.3. The largest absolute Gasteiger partial charge is 0.399 e. The minimum absolute atomic E-state index is 0.753. The van der Waals surface area contributed by atoms with Crippen molar-refractivity contribution in [3.05, 3.63) is 67.0 Å². The van der Waals surface area contributed by atoms with Gasteiger partial charge in [-0.1, -0.05) is 30.3 Å². The highest BCUT2D eigenvalue weighted by atomic mass is 15.1. The Kier molecular flexibility index (Phi) is 3.39. The smallest absolute Gasteiger partial charge is 0.145 e. The molecule has 24 heavy (non-hydrogen) atoms. The van der Waals surface area contributed by atoms with Crippen LogP contribution in [0.3, 0.4) is 0 Å². The number of para-hydroxylation sites is 1. The standard InChI is InChI=1S/C19H17N5/c1-24-17(13-7-9-14(20)10-8-13)11-16-18(21-12-22-19(16)24)23-15-5-3-2-4-6-15/h2-12H,20H2,1H3,(H,21,22,23). The van der Waals surface area contributed by atoms with Crippen LogP contribution in [0.4, 0.5) is 17.2 Å². The summed E-state index contributed by atoms with van der Waals surface area (Å²) in [7, 11) is 2.01. The normalized spacial score (nSPS) is 10.9. The number of nitrogen functional groups attached to an aromatic ring is 1. The van der Waals surface area contributed by atoms with Gasteiger partial charge in [0.05, 0.1) is 11.1 Å². The van der Waals surface area contributed by atoms with Gasteiger partial charge in [-0.3, -0.25) is 0 Å². The van der Waals surface area contributed by atoms with Gasteiger partial charge in [-0.2, -0.15) is 0 Å². The third-order valence-electron chi connectivity index (χ3n) is 4.07. The summed E-state index contributed by atoms with van der Waals surface area (Å²) < 4.78 is 2.07. The number of benzene rings is 2. The van der Waals surface area contributed by atoms with Crippen LogP contribution in [0.5, 0.6) is 0 Å². The molecule has 0 amide bonds. The molecule has 2 aromatic heterocycles. The summed E-state index contributed by atoms with van der Waals surface area (Å²) in [5, 5.41) is 4.35. The molecule has 0 unspecified atom stereocenters. The summed E-state index contributed by atoms with van der Waals surface area (Å²) in [6, 6.07) is 19.9. The molecule has 5 nitrogen and oxygen atoms in total. The van der Waals surface area contributed by atoms with Gasteiger partial charge in [-0.15, -0.1) is 0 Å². The Morgan fingerprint density at radius 3 is 2.46 bits per heavy atom. The fraction of sp³-hybridized carbons (Fsp3) is 0.0526. The van der Waals surface area contributed by atoms with Crippen LogP contribution in [-0.2, 0) is 7.05 Å². The maximum Gasteiger partial charge on any atom is 0.145 e. The number of hydrogen-bond donors (Lipinski definition) is 2. The van der Waals surface area contributed by atoms with Crippen LogP contribution in [0.15, 0.2) is 67.0 Å². The zero-order chi connectivity index (χ0) is 16.5. The summed E-state index contributed by atoms with van der Waals surface area (Å²) in [6.07, 6.45) is 1.58. The molecule has 118 valence electrons. The second kappa shape index (κ2) is 5.70. The first-order chi connectivity index (χ1) is 11.7. The van der Waals surface area contributed by atoms with Crippen LogP contribution in [-0.4, -0.2) is 14.5 Å². The zero-order valence-corrected chi connectivity index (χ0v) is 13.3. The molecule has 0 atom stereocenters. The van der Waals surface area contributed by atoms with E-state index in [1.54, 1.807) is 6.33 Å². The van der Waals surface area contributed by atoms with E-state index in [0.29, 0.717) is 0 Å². The third kappa shape index (κ3) is 2.46. The van der Waals surface area contributed by atoms with E-state index < -0.39 is 0 Å². The summed E-state index contributed by atoms with van der Waals surface area (Å²) in [6.45, 7) is 0. The fourth-order valence-electron chi connectivity index (χ4n) is 2.82. The first kappa shape index (κ1) is 14.3. The van der Waals surface area contributed by atoms with E-state index in [-0.39, 0.29) is 0 Å². The van der Waals surface area contributed by atoms with Crippen LogP contribution in [0, 0.1) is 0 Å². The highest BCUT2D eigenvalue weighted by molar-refractivity contribution is 5.93. The predicted octanol–water partition coefficient (Wildman–Crippen LogP) is 3.96. The molecule has 0 radical (unpaired) electrons. The molecule has 4 aromatic rings. The minimum Gasteiger partial charge on any atom is -0.399 e. The number of nitrogens with zero attached hydrogens (tertiary/aromatic N) is 3. The van der Waals surface area contributed by atoms with Gasteiger partial charge >= 0.3 is 0 Å². The molecule has 0 fully saturated rings. The average Bonchev–Trinajstić information content (AvgIpc) is 2.95. The number of aromatic nitrogens is 3. The summed E-state index contributed by atoms with van der Waals surface area (Å²) >= 11 is 0. The van der Waals surface area contributed by atoms with E-state index in [1.807, 2.05) is 61.6 Å². The van der Waals surface area contributed by atoms with Crippen molar-refractivity contribution in [3.63, 3.8) is 0 Å². The van der Waals surface area contributed by atoms with E-state index in [0.717, 1.165) is 39.5 Å². The van der Waals surface area contributed by atoms with Gasteiger partial charge in [0.25, 0.3) is 0 Å². The second-order valence-electron chi connectivity index (χ2n) is 5.66. The van der Waals surface area contributed by atoms with Gasteiger partial charge in [-0.25, -0.2) is 9.97 Å². The fourth-order valence-corrected chi connectivity index (χ4v) is 2.82. The predicted molar refractivity (Wildman–Crippen MR) is 98.1 cm³/mol. The first-order valence-corrected chi connectivity index (χ1v) is 7.71. The number of rotatable bonds is 3. The van der Waals surface area contributed by atoms with Gasteiger partial charge in [-0.05, 0) is 35.9 Å². The molecule has 0 aliphatic rings. The molecular weight excluding hydrogens is 298 g/mol. The lowest BCUT2D eigenvalue weighted by Crippen LogP contribution is -1.97. The molecule has 0 saturated carbocycles. The van der Waals surface area contributed by atoms with Crippen molar-refractivity contribution >= 4 is 28.2 Å². The number of hydrogen-bond acceptors (Lipinski definition) is 4. The van der Waals surface area contributed by atoms with Crippen molar-refractivity contribution < 1.29 is 0 Å². The Morgan fingerprint density at radius 1 is 0.958 bits per heavy atom. The van der Waals surface area contributed by atoms with Crippen molar-refractivity contribution in [1.29, 1.82) is 0 Å². The Hall–Kier alpha value is -3.34.